The Kier molecular flexibility index (Phi) is 6.20. The highest BCUT2D eigenvalue weighted by molar-refractivity contribution is 6.01. The van der Waals surface area contributed by atoms with Crippen LogP contribution in [0.5, 0.6) is 0 Å². The summed E-state index contributed by atoms with van der Waals surface area (Å²) in [6.45, 7) is 1.74. The van der Waals surface area contributed by atoms with Crippen LogP contribution < -0.4 is 10.7 Å². The van der Waals surface area contributed by atoms with Gasteiger partial charge in [0.25, 0.3) is 5.91 Å². The summed E-state index contributed by atoms with van der Waals surface area (Å²) in [5.41, 5.74) is 7.06. The first-order valence-corrected chi connectivity index (χ1v) is 9.07. The average Bonchev–Trinajstić information content (AvgIpc) is 3.22. The molecule has 1 aliphatic carbocycles. The van der Waals surface area contributed by atoms with Crippen molar-refractivity contribution in [3.63, 3.8) is 0 Å². The van der Waals surface area contributed by atoms with E-state index in [1.807, 2.05) is 19.1 Å². The van der Waals surface area contributed by atoms with Crippen LogP contribution in [0.25, 0.3) is 6.08 Å². The number of hydrogen-bond donors (Lipinski definition) is 2. The van der Waals surface area contributed by atoms with Crippen molar-refractivity contribution in [3.8, 4) is 0 Å². The van der Waals surface area contributed by atoms with Gasteiger partial charge in [-0.15, -0.1) is 0 Å². The quantitative estimate of drug-likeness (QED) is 0.469. The summed E-state index contributed by atoms with van der Waals surface area (Å²) >= 11 is 0. The molecule has 0 radical (unpaired) electrons. The van der Waals surface area contributed by atoms with Crippen molar-refractivity contribution in [2.45, 2.75) is 32.6 Å². The molecule has 3 rings (SSSR count). The fourth-order valence-electron chi connectivity index (χ4n) is 3.14. The van der Waals surface area contributed by atoms with Crippen molar-refractivity contribution in [3.05, 3.63) is 65.1 Å². The molecule has 0 fully saturated rings. The Morgan fingerprint density at radius 2 is 2.04 bits per heavy atom. The first-order valence-electron chi connectivity index (χ1n) is 9.07. The number of benzene rings is 1. The van der Waals surface area contributed by atoms with Gasteiger partial charge in [-0.05, 0) is 61.9 Å². The topological polar surface area (TPSA) is 83.7 Å². The molecular weight excluding hydrogens is 342 g/mol. The first kappa shape index (κ1) is 18.6. The zero-order valence-corrected chi connectivity index (χ0v) is 15.3. The average molecular weight is 365 g/mol. The Morgan fingerprint density at radius 1 is 1.19 bits per heavy atom. The highest BCUT2D eigenvalue weighted by Crippen LogP contribution is 2.24. The van der Waals surface area contributed by atoms with Gasteiger partial charge in [0.1, 0.15) is 5.76 Å². The summed E-state index contributed by atoms with van der Waals surface area (Å²) in [5.74, 6) is -0.181. The smallest absolute Gasteiger partial charge is 0.259 e. The molecule has 1 heterocycles. The van der Waals surface area contributed by atoms with E-state index in [4.69, 9.17) is 4.42 Å². The van der Waals surface area contributed by atoms with Crippen molar-refractivity contribution in [2.24, 2.45) is 5.10 Å². The zero-order valence-electron chi connectivity index (χ0n) is 15.3. The second-order valence-corrected chi connectivity index (χ2v) is 6.45. The Hall–Kier alpha value is -3.15. The van der Waals surface area contributed by atoms with E-state index in [9.17, 15) is 9.59 Å². The maximum Gasteiger partial charge on any atom is 0.259 e. The van der Waals surface area contributed by atoms with E-state index in [1.54, 1.807) is 12.1 Å². The number of amides is 2. The van der Waals surface area contributed by atoms with Crippen molar-refractivity contribution in [1.82, 2.24) is 10.7 Å². The highest BCUT2D eigenvalue weighted by Gasteiger charge is 2.14. The normalized spacial score (nSPS) is 14.0. The van der Waals surface area contributed by atoms with E-state index in [0.717, 1.165) is 24.1 Å². The SMILES string of the molecule is C/C(=N/NC(=O)CNC(=O)/C=C/c1ccco1)c1cccc2c1CCCC2. The standard InChI is InChI=1S/C21H23N3O3/c1-15(18-10-4-7-16-6-2-3-9-19(16)18)23-24-21(26)14-22-20(25)12-11-17-8-5-13-27-17/h4-5,7-8,10-13H,2-3,6,9,14H2,1H3,(H,22,25)(H,24,26)/b12-11+,23-15-. The molecule has 0 spiro atoms. The molecule has 0 bridgehead atoms. The van der Waals surface area contributed by atoms with Crippen LogP contribution in [0, 0.1) is 0 Å². The molecular formula is C21H23N3O3. The molecule has 2 aromatic rings. The van der Waals surface area contributed by atoms with Gasteiger partial charge >= 0.3 is 0 Å². The fourth-order valence-corrected chi connectivity index (χ4v) is 3.14. The third kappa shape index (κ3) is 5.17. The van der Waals surface area contributed by atoms with Crippen LogP contribution in [0.3, 0.4) is 0 Å². The summed E-state index contributed by atoms with van der Waals surface area (Å²) in [7, 11) is 0. The van der Waals surface area contributed by atoms with Crippen LogP contribution in [0.1, 0.15) is 42.2 Å². The van der Waals surface area contributed by atoms with Gasteiger partial charge in [0.15, 0.2) is 0 Å². The van der Waals surface area contributed by atoms with Gasteiger partial charge in [0.2, 0.25) is 5.91 Å². The number of carbonyl (C=O) groups is 2. The summed E-state index contributed by atoms with van der Waals surface area (Å²) in [5, 5.41) is 6.71. The number of rotatable bonds is 6. The molecule has 140 valence electrons. The van der Waals surface area contributed by atoms with E-state index in [0.29, 0.717) is 5.76 Å². The van der Waals surface area contributed by atoms with Crippen LogP contribution in [0.2, 0.25) is 0 Å². The number of aryl methyl sites for hydroxylation is 1. The van der Waals surface area contributed by atoms with Crippen molar-refractivity contribution < 1.29 is 14.0 Å². The van der Waals surface area contributed by atoms with Gasteiger partial charge in [-0.3, -0.25) is 9.59 Å². The first-order chi connectivity index (χ1) is 13.1. The minimum atomic E-state index is -0.376. The van der Waals surface area contributed by atoms with Gasteiger partial charge in [-0.1, -0.05) is 18.2 Å². The van der Waals surface area contributed by atoms with Crippen molar-refractivity contribution >= 4 is 23.6 Å². The molecule has 27 heavy (non-hydrogen) atoms. The number of fused-ring (bicyclic) bond motifs is 1. The minimum Gasteiger partial charge on any atom is -0.465 e. The predicted octanol–water partition coefficient (Wildman–Crippen LogP) is 2.83. The largest absolute Gasteiger partial charge is 0.465 e. The highest BCUT2D eigenvalue weighted by atomic mass is 16.3. The minimum absolute atomic E-state index is 0.148. The summed E-state index contributed by atoms with van der Waals surface area (Å²) in [4.78, 5) is 23.6. The predicted molar refractivity (Wildman–Crippen MR) is 104 cm³/mol. The summed E-state index contributed by atoms with van der Waals surface area (Å²) in [6.07, 6.45) is 8.92. The lowest BCUT2D eigenvalue weighted by Crippen LogP contribution is -2.34. The van der Waals surface area contributed by atoms with Crippen LogP contribution >= 0.6 is 0 Å². The Labute approximate surface area is 158 Å². The molecule has 1 aliphatic rings. The second-order valence-electron chi connectivity index (χ2n) is 6.45. The number of furan rings is 1. The number of hydrazone groups is 1. The Bertz CT molecular complexity index is 867. The molecule has 1 aromatic carbocycles. The molecule has 2 amide bonds. The summed E-state index contributed by atoms with van der Waals surface area (Å²) in [6, 6.07) is 9.70. The lowest BCUT2D eigenvalue weighted by atomic mass is 9.87. The monoisotopic (exact) mass is 365 g/mol. The fraction of sp³-hybridized carbons (Fsp3) is 0.286. The zero-order chi connectivity index (χ0) is 19.1. The van der Waals surface area contributed by atoms with Gasteiger partial charge in [-0.2, -0.15) is 5.10 Å². The molecule has 0 saturated carbocycles. The second kappa shape index (κ2) is 8.98. The maximum absolute atomic E-state index is 11.9. The molecule has 0 aliphatic heterocycles. The Balaban J connectivity index is 1.51. The summed E-state index contributed by atoms with van der Waals surface area (Å²) < 4.78 is 5.09. The number of nitrogens with one attached hydrogen (secondary N) is 2. The van der Waals surface area contributed by atoms with Crippen LogP contribution in [0.15, 0.2) is 52.2 Å². The third-order valence-electron chi connectivity index (χ3n) is 4.50. The molecule has 6 heteroatoms. The van der Waals surface area contributed by atoms with Crippen LogP contribution in [-0.4, -0.2) is 24.1 Å². The molecule has 6 nitrogen and oxygen atoms in total. The third-order valence-corrected chi connectivity index (χ3v) is 4.50. The maximum atomic E-state index is 11.9. The lowest BCUT2D eigenvalue weighted by molar-refractivity contribution is -0.123. The number of carbonyl (C=O) groups excluding carboxylic acids is 2. The van der Waals surface area contributed by atoms with Gasteiger partial charge < -0.3 is 9.73 Å². The van der Waals surface area contributed by atoms with E-state index < -0.39 is 0 Å². The van der Waals surface area contributed by atoms with Gasteiger partial charge in [0.05, 0.1) is 18.5 Å². The van der Waals surface area contributed by atoms with E-state index >= 15 is 0 Å². The Morgan fingerprint density at radius 3 is 2.85 bits per heavy atom. The number of nitrogens with zero attached hydrogens (tertiary/aromatic N) is 1. The molecule has 2 N–H and O–H groups in total. The van der Waals surface area contributed by atoms with Crippen molar-refractivity contribution in [1.29, 1.82) is 0 Å². The van der Waals surface area contributed by atoms with Crippen LogP contribution in [-0.2, 0) is 22.4 Å². The lowest BCUT2D eigenvalue weighted by Gasteiger charge is -2.19. The van der Waals surface area contributed by atoms with Gasteiger partial charge in [-0.25, -0.2) is 5.43 Å². The van der Waals surface area contributed by atoms with E-state index in [-0.39, 0.29) is 18.4 Å². The molecule has 0 saturated heterocycles. The number of hydrogen-bond acceptors (Lipinski definition) is 4. The van der Waals surface area contributed by atoms with E-state index in [1.165, 1.54) is 42.4 Å². The molecule has 1 aromatic heterocycles. The molecule has 0 atom stereocenters. The molecule has 0 unspecified atom stereocenters. The van der Waals surface area contributed by atoms with Crippen LogP contribution in [0.4, 0.5) is 0 Å². The van der Waals surface area contributed by atoms with Gasteiger partial charge in [0, 0.05) is 11.6 Å². The van der Waals surface area contributed by atoms with E-state index in [2.05, 4.69) is 21.9 Å². The van der Waals surface area contributed by atoms with Crippen molar-refractivity contribution in [2.75, 3.05) is 6.54 Å².